The maximum absolute atomic E-state index is 14.4. The standard InChI is InChI=1S/C39H65N5O9/c1-13-14-15-24(6)19-25(7)36(49)41(11)30(18-22(2)3)35(48)40-33(27(9)53-28(10)45)38(51)42(12)34(23(4)5)39(52)43-21-29(46)20-31(43)37(50)44-26(8)16-17-32(44)47/h16-17,22-27,29-31,33-34,46H,13-15,18-21H2,1-12H3,(H,40,48)/t24?,25?,26?,27?,29-,30-,31-,33-,34-/m0/s1. The van der Waals surface area contributed by atoms with E-state index in [1.165, 1.54) is 41.7 Å². The van der Waals surface area contributed by atoms with Gasteiger partial charge >= 0.3 is 5.97 Å². The highest BCUT2D eigenvalue weighted by molar-refractivity contribution is 6.06. The van der Waals surface area contributed by atoms with Crippen LogP contribution in [0.25, 0.3) is 0 Å². The minimum Gasteiger partial charge on any atom is -0.460 e. The minimum absolute atomic E-state index is 0.00605. The van der Waals surface area contributed by atoms with Crippen LogP contribution >= 0.6 is 0 Å². The van der Waals surface area contributed by atoms with Crippen LogP contribution in [0, 0.1) is 23.7 Å². The molecule has 1 saturated heterocycles. The van der Waals surface area contributed by atoms with Crippen molar-refractivity contribution in [3.63, 3.8) is 0 Å². The fourth-order valence-electron chi connectivity index (χ4n) is 7.50. The molecule has 0 bridgehead atoms. The summed E-state index contributed by atoms with van der Waals surface area (Å²) in [7, 11) is 2.98. The first-order chi connectivity index (χ1) is 24.6. The molecule has 14 heteroatoms. The van der Waals surface area contributed by atoms with E-state index in [2.05, 4.69) is 19.2 Å². The van der Waals surface area contributed by atoms with E-state index >= 15 is 0 Å². The second-order valence-electron chi connectivity index (χ2n) is 16.0. The summed E-state index contributed by atoms with van der Waals surface area (Å²) < 4.78 is 5.41. The number of amides is 6. The normalized spacial score (nSPS) is 21.9. The van der Waals surface area contributed by atoms with Gasteiger partial charge in [-0.25, -0.2) is 0 Å². The average molecular weight is 748 g/mol. The third kappa shape index (κ3) is 11.8. The van der Waals surface area contributed by atoms with Crippen molar-refractivity contribution >= 4 is 41.4 Å². The van der Waals surface area contributed by atoms with Crippen LogP contribution in [-0.4, -0.2) is 129 Å². The number of carbonyl (C=O) groups excluding carboxylic acids is 7. The number of imide groups is 1. The van der Waals surface area contributed by atoms with Gasteiger partial charge in [0, 0.05) is 46.0 Å². The Balaban J connectivity index is 2.41. The van der Waals surface area contributed by atoms with Crippen LogP contribution in [0.4, 0.5) is 0 Å². The van der Waals surface area contributed by atoms with Gasteiger partial charge in [-0.05, 0) is 44.4 Å². The number of β-amino-alcohol motifs (C(OH)–C–C–N with tert-alkyl or cyclic N) is 1. The molecule has 2 aliphatic heterocycles. The highest BCUT2D eigenvalue weighted by Crippen LogP contribution is 2.27. The van der Waals surface area contributed by atoms with Crippen molar-refractivity contribution in [3.8, 4) is 0 Å². The number of rotatable bonds is 18. The largest absolute Gasteiger partial charge is 0.460 e. The molecule has 2 heterocycles. The molecule has 0 saturated carbocycles. The number of esters is 1. The van der Waals surface area contributed by atoms with E-state index in [9.17, 15) is 38.7 Å². The maximum atomic E-state index is 14.4. The Kier molecular flexibility index (Phi) is 17.1. The predicted octanol–water partition coefficient (Wildman–Crippen LogP) is 2.91. The van der Waals surface area contributed by atoms with Gasteiger partial charge < -0.3 is 29.9 Å². The fourth-order valence-corrected chi connectivity index (χ4v) is 7.50. The molecule has 14 nitrogen and oxygen atoms in total. The van der Waals surface area contributed by atoms with Gasteiger partial charge in [0.15, 0.2) is 0 Å². The Hall–Kier alpha value is -3.81. The lowest BCUT2D eigenvalue weighted by Crippen LogP contribution is -2.62. The maximum Gasteiger partial charge on any atom is 0.302 e. The Bertz CT molecular complexity index is 1370. The third-order valence-electron chi connectivity index (χ3n) is 10.3. The first-order valence-corrected chi connectivity index (χ1v) is 19.2. The lowest BCUT2D eigenvalue weighted by atomic mass is 9.91. The van der Waals surface area contributed by atoms with Crippen LogP contribution in [0.3, 0.4) is 0 Å². The van der Waals surface area contributed by atoms with Gasteiger partial charge in [-0.15, -0.1) is 0 Å². The topological polar surface area (TPSA) is 174 Å². The zero-order valence-electron chi connectivity index (χ0n) is 34.0. The van der Waals surface area contributed by atoms with Gasteiger partial charge in [0.1, 0.15) is 30.3 Å². The van der Waals surface area contributed by atoms with Crippen molar-refractivity contribution in [1.29, 1.82) is 0 Å². The predicted molar refractivity (Wildman–Crippen MR) is 200 cm³/mol. The molecule has 0 aliphatic carbocycles. The fraction of sp³-hybridized carbons (Fsp3) is 0.769. The van der Waals surface area contributed by atoms with E-state index < -0.39 is 83.8 Å². The van der Waals surface area contributed by atoms with E-state index in [-0.39, 0.29) is 30.7 Å². The molecule has 2 N–H and O–H groups in total. The molecule has 0 aromatic rings. The van der Waals surface area contributed by atoms with Gasteiger partial charge in [0.25, 0.3) is 11.8 Å². The van der Waals surface area contributed by atoms with Crippen molar-refractivity contribution in [2.45, 2.75) is 150 Å². The summed E-state index contributed by atoms with van der Waals surface area (Å²) in [5.74, 6) is -4.47. The SMILES string of the molecule is CCCCC(C)CC(C)C(=O)N(C)[C@@H](CC(C)C)C(=O)N[C@H](C(=O)N(C)[C@H](C(=O)N1C[C@@H](O)C[C@H]1C(=O)N1C(=O)C=CC1C)C(C)C)C(C)OC(C)=O. The second kappa shape index (κ2) is 20.0. The van der Waals surface area contributed by atoms with Crippen molar-refractivity contribution in [2.24, 2.45) is 23.7 Å². The van der Waals surface area contributed by atoms with Crippen molar-refractivity contribution in [3.05, 3.63) is 12.2 Å². The number of nitrogens with zero attached hydrogens (tertiary/aromatic N) is 4. The Morgan fingerprint density at radius 3 is 2.11 bits per heavy atom. The summed E-state index contributed by atoms with van der Waals surface area (Å²) in [6, 6.07) is -5.19. The van der Waals surface area contributed by atoms with Crippen LogP contribution in [0.2, 0.25) is 0 Å². The molecule has 0 aromatic carbocycles. The summed E-state index contributed by atoms with van der Waals surface area (Å²) in [6.07, 6.45) is 4.71. The molecule has 0 spiro atoms. The van der Waals surface area contributed by atoms with Crippen molar-refractivity contribution < 1.29 is 43.4 Å². The molecule has 2 rings (SSSR count). The zero-order chi connectivity index (χ0) is 40.5. The van der Waals surface area contributed by atoms with Gasteiger partial charge in [0.2, 0.25) is 23.6 Å². The number of likely N-dealkylation sites (N-methyl/N-ethyl adjacent to an activating group) is 2. The van der Waals surface area contributed by atoms with E-state index in [0.717, 1.165) is 24.2 Å². The Labute approximate surface area is 316 Å². The third-order valence-corrected chi connectivity index (χ3v) is 10.3. The lowest BCUT2D eigenvalue weighted by molar-refractivity contribution is -0.157. The Morgan fingerprint density at radius 1 is 0.981 bits per heavy atom. The van der Waals surface area contributed by atoms with E-state index in [1.807, 2.05) is 20.8 Å². The molecule has 300 valence electrons. The van der Waals surface area contributed by atoms with Crippen molar-refractivity contribution in [2.75, 3.05) is 20.6 Å². The monoisotopic (exact) mass is 747 g/mol. The lowest BCUT2D eigenvalue weighted by Gasteiger charge is -2.38. The molecular weight excluding hydrogens is 682 g/mol. The van der Waals surface area contributed by atoms with Crippen LogP contribution in [0.15, 0.2) is 12.2 Å². The highest BCUT2D eigenvalue weighted by atomic mass is 16.5. The quantitative estimate of drug-likeness (QED) is 0.158. The summed E-state index contributed by atoms with van der Waals surface area (Å²) in [5.41, 5.74) is 0. The van der Waals surface area contributed by atoms with Crippen LogP contribution in [0.1, 0.15) is 108 Å². The van der Waals surface area contributed by atoms with E-state index in [1.54, 1.807) is 33.9 Å². The number of likely N-dealkylation sites (tertiary alicyclic amines) is 1. The summed E-state index contributed by atoms with van der Waals surface area (Å²) in [5, 5.41) is 13.4. The second-order valence-corrected chi connectivity index (χ2v) is 16.0. The Morgan fingerprint density at radius 2 is 1.60 bits per heavy atom. The number of hydrogen-bond donors (Lipinski definition) is 2. The molecule has 1 fully saturated rings. The molecule has 4 unspecified atom stereocenters. The summed E-state index contributed by atoms with van der Waals surface area (Å²) in [6.45, 7) is 17.5. The highest BCUT2D eigenvalue weighted by Gasteiger charge is 2.48. The number of ether oxygens (including phenoxy) is 1. The van der Waals surface area contributed by atoms with Gasteiger partial charge in [-0.1, -0.05) is 73.8 Å². The number of unbranched alkanes of at least 4 members (excludes halogenated alkanes) is 1. The van der Waals surface area contributed by atoms with Crippen molar-refractivity contribution in [1.82, 2.24) is 24.9 Å². The zero-order valence-corrected chi connectivity index (χ0v) is 34.0. The number of nitrogens with one attached hydrogen (secondary N) is 1. The molecule has 9 atom stereocenters. The van der Waals surface area contributed by atoms with Gasteiger partial charge in [-0.3, -0.25) is 38.5 Å². The molecular formula is C39H65N5O9. The summed E-state index contributed by atoms with van der Waals surface area (Å²) in [4.78, 5) is 99.5. The first-order valence-electron chi connectivity index (χ1n) is 19.2. The van der Waals surface area contributed by atoms with Crippen LogP contribution in [0.5, 0.6) is 0 Å². The minimum atomic E-state index is -1.44. The molecule has 6 amide bonds. The molecule has 2 aliphatic rings. The van der Waals surface area contributed by atoms with E-state index in [4.69, 9.17) is 4.74 Å². The number of hydrogen-bond acceptors (Lipinski definition) is 9. The van der Waals surface area contributed by atoms with E-state index in [0.29, 0.717) is 18.8 Å². The molecule has 0 aromatic heterocycles. The smallest absolute Gasteiger partial charge is 0.302 e. The van der Waals surface area contributed by atoms with Crippen LogP contribution < -0.4 is 5.32 Å². The molecule has 53 heavy (non-hydrogen) atoms. The number of aliphatic hydroxyl groups excluding tert-OH is 1. The molecule has 0 radical (unpaired) electrons. The first kappa shape index (κ1) is 45.3. The van der Waals surface area contributed by atoms with Gasteiger partial charge in [-0.2, -0.15) is 0 Å². The number of carbonyl (C=O) groups is 7. The van der Waals surface area contributed by atoms with Crippen LogP contribution in [-0.2, 0) is 38.3 Å². The average Bonchev–Trinajstić information content (AvgIpc) is 3.63. The van der Waals surface area contributed by atoms with Gasteiger partial charge in [0.05, 0.1) is 12.1 Å². The summed E-state index contributed by atoms with van der Waals surface area (Å²) >= 11 is 0. The number of aliphatic hydroxyl groups is 1.